The van der Waals surface area contributed by atoms with E-state index in [2.05, 4.69) is 5.32 Å². The lowest BCUT2D eigenvalue weighted by Gasteiger charge is -2.06. The summed E-state index contributed by atoms with van der Waals surface area (Å²) in [5.74, 6) is -1.36. The topological polar surface area (TPSA) is 86.6 Å². The van der Waals surface area contributed by atoms with Gasteiger partial charge in [0.15, 0.2) is 0 Å². The van der Waals surface area contributed by atoms with E-state index in [1.807, 2.05) is 18.2 Å². The molecule has 0 aliphatic heterocycles. The van der Waals surface area contributed by atoms with Crippen LogP contribution in [0.1, 0.15) is 31.3 Å². The van der Waals surface area contributed by atoms with E-state index in [-0.39, 0.29) is 17.4 Å². The molecule has 5 nitrogen and oxygen atoms in total. The van der Waals surface area contributed by atoms with Gasteiger partial charge in [0.25, 0.3) is 5.91 Å². The Balaban J connectivity index is 2.06. The molecule has 0 bridgehead atoms. The SMILES string of the molecule is O=C(O)c1ccc(C(=O)Nc2cccc(CCCO)c2)s1. The maximum absolute atomic E-state index is 12.0. The molecule has 0 radical (unpaired) electrons. The number of hydrogen-bond acceptors (Lipinski definition) is 4. The van der Waals surface area contributed by atoms with E-state index in [0.29, 0.717) is 17.0 Å². The molecule has 3 N–H and O–H groups in total. The number of thiophene rings is 1. The van der Waals surface area contributed by atoms with Crippen LogP contribution in [0.3, 0.4) is 0 Å². The highest BCUT2D eigenvalue weighted by atomic mass is 32.1. The second-order valence-electron chi connectivity index (χ2n) is 4.45. The third-order valence-corrected chi connectivity index (χ3v) is 3.92. The van der Waals surface area contributed by atoms with Gasteiger partial charge < -0.3 is 15.5 Å². The molecule has 0 aliphatic carbocycles. The zero-order valence-corrected chi connectivity index (χ0v) is 12.0. The number of nitrogens with one attached hydrogen (secondary N) is 1. The zero-order chi connectivity index (χ0) is 15.2. The number of aliphatic hydroxyl groups excluding tert-OH is 1. The number of hydrogen-bond donors (Lipinski definition) is 3. The van der Waals surface area contributed by atoms with Crippen LogP contribution in [-0.2, 0) is 6.42 Å². The van der Waals surface area contributed by atoms with E-state index < -0.39 is 5.97 Å². The molecular weight excluding hydrogens is 290 g/mol. The molecule has 21 heavy (non-hydrogen) atoms. The van der Waals surface area contributed by atoms with Crippen molar-refractivity contribution < 1.29 is 19.8 Å². The number of carbonyl (C=O) groups excluding carboxylic acids is 1. The molecule has 1 aromatic heterocycles. The van der Waals surface area contributed by atoms with Gasteiger partial charge in [0.2, 0.25) is 0 Å². The van der Waals surface area contributed by atoms with Crippen molar-refractivity contribution in [3.8, 4) is 0 Å². The van der Waals surface area contributed by atoms with Crippen molar-refractivity contribution in [3.63, 3.8) is 0 Å². The summed E-state index contributed by atoms with van der Waals surface area (Å²) < 4.78 is 0. The Hall–Kier alpha value is -2.18. The summed E-state index contributed by atoms with van der Waals surface area (Å²) in [4.78, 5) is 23.3. The van der Waals surface area contributed by atoms with Crippen LogP contribution in [0.5, 0.6) is 0 Å². The quantitative estimate of drug-likeness (QED) is 0.765. The van der Waals surface area contributed by atoms with Gasteiger partial charge in [-0.15, -0.1) is 11.3 Å². The lowest BCUT2D eigenvalue weighted by atomic mass is 10.1. The Morgan fingerprint density at radius 3 is 2.57 bits per heavy atom. The predicted octanol–water partition coefficient (Wildman–Crippen LogP) is 2.62. The normalized spacial score (nSPS) is 10.3. The summed E-state index contributed by atoms with van der Waals surface area (Å²) in [6.07, 6.45) is 1.41. The molecule has 0 saturated carbocycles. The van der Waals surface area contributed by atoms with Crippen molar-refractivity contribution in [2.75, 3.05) is 11.9 Å². The second-order valence-corrected chi connectivity index (χ2v) is 5.53. The van der Waals surface area contributed by atoms with Crippen LogP contribution in [0.25, 0.3) is 0 Å². The smallest absolute Gasteiger partial charge is 0.345 e. The fourth-order valence-corrected chi connectivity index (χ4v) is 2.60. The van der Waals surface area contributed by atoms with Crippen molar-refractivity contribution in [1.82, 2.24) is 0 Å². The summed E-state index contributed by atoms with van der Waals surface area (Å²) in [7, 11) is 0. The molecule has 0 saturated heterocycles. The third-order valence-electron chi connectivity index (χ3n) is 2.85. The van der Waals surface area contributed by atoms with E-state index in [4.69, 9.17) is 10.2 Å². The lowest BCUT2D eigenvalue weighted by Crippen LogP contribution is -2.10. The van der Waals surface area contributed by atoms with Crippen LogP contribution in [0.15, 0.2) is 36.4 Å². The van der Waals surface area contributed by atoms with Gasteiger partial charge in [-0.05, 0) is 42.7 Å². The van der Waals surface area contributed by atoms with Gasteiger partial charge in [-0.25, -0.2) is 4.79 Å². The predicted molar refractivity (Wildman–Crippen MR) is 81.1 cm³/mol. The van der Waals surface area contributed by atoms with Crippen molar-refractivity contribution in [2.45, 2.75) is 12.8 Å². The van der Waals surface area contributed by atoms with Gasteiger partial charge in [0.05, 0.1) is 4.88 Å². The molecule has 2 aromatic rings. The van der Waals surface area contributed by atoms with Crippen LogP contribution in [-0.4, -0.2) is 28.7 Å². The van der Waals surface area contributed by atoms with Crippen LogP contribution >= 0.6 is 11.3 Å². The first-order valence-electron chi connectivity index (χ1n) is 6.44. The summed E-state index contributed by atoms with van der Waals surface area (Å²) in [6, 6.07) is 10.3. The molecule has 0 aliphatic rings. The van der Waals surface area contributed by atoms with Crippen LogP contribution in [0, 0.1) is 0 Å². The Morgan fingerprint density at radius 2 is 1.90 bits per heavy atom. The number of carbonyl (C=O) groups is 2. The van der Waals surface area contributed by atoms with Crippen molar-refractivity contribution in [2.24, 2.45) is 0 Å². The van der Waals surface area contributed by atoms with E-state index in [1.165, 1.54) is 12.1 Å². The molecule has 110 valence electrons. The number of aromatic carboxylic acids is 1. The molecule has 2 rings (SSSR count). The first-order valence-corrected chi connectivity index (χ1v) is 7.26. The van der Waals surface area contributed by atoms with E-state index in [1.54, 1.807) is 6.07 Å². The van der Waals surface area contributed by atoms with E-state index >= 15 is 0 Å². The fraction of sp³-hybridized carbons (Fsp3) is 0.200. The Morgan fingerprint density at radius 1 is 1.14 bits per heavy atom. The number of carboxylic acids is 1. The van der Waals surface area contributed by atoms with Gasteiger partial charge in [-0.2, -0.15) is 0 Å². The molecule has 1 amide bonds. The highest BCUT2D eigenvalue weighted by molar-refractivity contribution is 7.15. The number of carboxylic acid groups (broad SMARTS) is 1. The number of aryl methyl sites for hydroxylation is 1. The Kier molecular flexibility index (Phi) is 5.08. The minimum absolute atomic E-state index is 0.129. The summed E-state index contributed by atoms with van der Waals surface area (Å²) in [5.41, 5.74) is 1.68. The number of amides is 1. The van der Waals surface area contributed by atoms with Gasteiger partial charge in [-0.3, -0.25) is 4.79 Å². The van der Waals surface area contributed by atoms with Crippen LogP contribution < -0.4 is 5.32 Å². The van der Waals surface area contributed by atoms with Crippen molar-refractivity contribution in [1.29, 1.82) is 0 Å². The van der Waals surface area contributed by atoms with E-state index in [9.17, 15) is 9.59 Å². The second kappa shape index (κ2) is 7.01. The first kappa shape index (κ1) is 15.2. The number of aliphatic hydroxyl groups is 1. The standard InChI is InChI=1S/C15H15NO4S/c17-8-2-4-10-3-1-5-11(9-10)16-14(18)12-6-7-13(21-12)15(19)20/h1,3,5-7,9,17H,2,4,8H2,(H,16,18)(H,19,20). The summed E-state index contributed by atoms with van der Waals surface area (Å²) in [6.45, 7) is 0.129. The van der Waals surface area contributed by atoms with Crippen molar-refractivity contribution in [3.05, 3.63) is 51.7 Å². The highest BCUT2D eigenvalue weighted by Gasteiger charge is 2.13. The maximum Gasteiger partial charge on any atom is 0.345 e. The minimum Gasteiger partial charge on any atom is -0.477 e. The largest absolute Gasteiger partial charge is 0.477 e. The average molecular weight is 305 g/mol. The van der Waals surface area contributed by atoms with Gasteiger partial charge in [-0.1, -0.05) is 12.1 Å². The third kappa shape index (κ3) is 4.14. The monoisotopic (exact) mass is 305 g/mol. The minimum atomic E-state index is -1.04. The van der Waals surface area contributed by atoms with Crippen LogP contribution in [0.4, 0.5) is 5.69 Å². The van der Waals surface area contributed by atoms with E-state index in [0.717, 1.165) is 23.3 Å². The summed E-state index contributed by atoms with van der Waals surface area (Å²) in [5, 5.41) is 20.4. The first-order chi connectivity index (χ1) is 10.1. The molecule has 0 atom stereocenters. The number of rotatable bonds is 6. The maximum atomic E-state index is 12.0. The highest BCUT2D eigenvalue weighted by Crippen LogP contribution is 2.19. The fourth-order valence-electron chi connectivity index (χ4n) is 1.86. The molecule has 1 aromatic carbocycles. The molecule has 0 unspecified atom stereocenters. The zero-order valence-electron chi connectivity index (χ0n) is 11.2. The Bertz CT molecular complexity index is 651. The van der Waals surface area contributed by atoms with Crippen LogP contribution in [0.2, 0.25) is 0 Å². The van der Waals surface area contributed by atoms with Gasteiger partial charge in [0, 0.05) is 12.3 Å². The molecular formula is C15H15NO4S. The van der Waals surface area contributed by atoms with Gasteiger partial charge in [0.1, 0.15) is 4.88 Å². The van der Waals surface area contributed by atoms with Crippen molar-refractivity contribution >= 4 is 28.9 Å². The molecule has 0 fully saturated rings. The Labute approximate surface area is 125 Å². The average Bonchev–Trinajstić information content (AvgIpc) is 2.95. The lowest BCUT2D eigenvalue weighted by molar-refractivity contribution is 0.0702. The molecule has 1 heterocycles. The van der Waals surface area contributed by atoms with Gasteiger partial charge >= 0.3 is 5.97 Å². The number of anilines is 1. The molecule has 6 heteroatoms. The summed E-state index contributed by atoms with van der Waals surface area (Å²) >= 11 is 0.942. The number of benzene rings is 1. The molecule has 0 spiro atoms.